The zero-order chi connectivity index (χ0) is 20.7. The SMILES string of the molecule is O=C(CCOc1cccc(Br)c1)NCc1ccc(S(=O)(=O)N2CCCCC2)cc1. The van der Waals surface area contributed by atoms with E-state index in [-0.39, 0.29) is 18.9 Å². The highest BCUT2D eigenvalue weighted by molar-refractivity contribution is 9.10. The van der Waals surface area contributed by atoms with Crippen molar-refractivity contribution >= 4 is 31.9 Å². The molecule has 0 unspecified atom stereocenters. The van der Waals surface area contributed by atoms with Crippen LogP contribution in [0.25, 0.3) is 0 Å². The van der Waals surface area contributed by atoms with Crippen LogP contribution < -0.4 is 10.1 Å². The minimum Gasteiger partial charge on any atom is -0.493 e. The van der Waals surface area contributed by atoms with Crippen LogP contribution in [-0.4, -0.2) is 38.3 Å². The number of amides is 1. The van der Waals surface area contributed by atoms with Gasteiger partial charge in [0, 0.05) is 24.1 Å². The number of benzene rings is 2. The van der Waals surface area contributed by atoms with Crippen molar-refractivity contribution in [3.8, 4) is 5.75 Å². The summed E-state index contributed by atoms with van der Waals surface area (Å²) in [7, 11) is -3.43. The number of hydrogen-bond donors (Lipinski definition) is 1. The molecule has 1 heterocycles. The highest BCUT2D eigenvalue weighted by atomic mass is 79.9. The minimum atomic E-state index is -3.43. The van der Waals surface area contributed by atoms with Crippen molar-refractivity contribution in [3.63, 3.8) is 0 Å². The minimum absolute atomic E-state index is 0.120. The number of hydrogen-bond acceptors (Lipinski definition) is 4. The predicted octanol–water partition coefficient (Wildman–Crippen LogP) is 3.71. The lowest BCUT2D eigenvalue weighted by molar-refractivity contribution is -0.121. The van der Waals surface area contributed by atoms with Crippen molar-refractivity contribution in [1.82, 2.24) is 9.62 Å². The summed E-state index contributed by atoms with van der Waals surface area (Å²) in [6, 6.07) is 14.2. The van der Waals surface area contributed by atoms with Gasteiger partial charge in [0.05, 0.1) is 17.9 Å². The van der Waals surface area contributed by atoms with E-state index in [1.54, 1.807) is 28.6 Å². The summed E-state index contributed by atoms with van der Waals surface area (Å²) in [6.07, 6.45) is 3.15. The maximum atomic E-state index is 12.7. The molecule has 0 spiro atoms. The summed E-state index contributed by atoms with van der Waals surface area (Å²) < 4.78 is 33.4. The lowest BCUT2D eigenvalue weighted by Gasteiger charge is -2.25. The molecule has 1 N–H and O–H groups in total. The molecule has 6 nitrogen and oxygen atoms in total. The van der Waals surface area contributed by atoms with Gasteiger partial charge < -0.3 is 10.1 Å². The van der Waals surface area contributed by atoms with Crippen LogP contribution in [0.2, 0.25) is 0 Å². The summed E-state index contributed by atoms with van der Waals surface area (Å²) in [6.45, 7) is 1.80. The van der Waals surface area contributed by atoms with Crippen LogP contribution in [0.5, 0.6) is 5.75 Å². The van der Waals surface area contributed by atoms with E-state index in [4.69, 9.17) is 4.74 Å². The fourth-order valence-corrected chi connectivity index (χ4v) is 5.04. The lowest BCUT2D eigenvalue weighted by Crippen LogP contribution is -2.35. The third kappa shape index (κ3) is 6.29. The smallest absolute Gasteiger partial charge is 0.243 e. The molecule has 1 amide bonds. The van der Waals surface area contributed by atoms with Gasteiger partial charge in [-0.1, -0.05) is 40.5 Å². The number of nitrogens with zero attached hydrogens (tertiary/aromatic N) is 1. The topological polar surface area (TPSA) is 75.7 Å². The van der Waals surface area contributed by atoms with Crippen LogP contribution in [0.3, 0.4) is 0 Å². The van der Waals surface area contributed by atoms with Gasteiger partial charge in [0.1, 0.15) is 5.75 Å². The van der Waals surface area contributed by atoms with Gasteiger partial charge in [-0.05, 0) is 48.7 Å². The third-order valence-electron chi connectivity index (χ3n) is 4.76. The molecule has 0 aliphatic carbocycles. The van der Waals surface area contributed by atoms with Crippen molar-refractivity contribution in [3.05, 3.63) is 58.6 Å². The number of ether oxygens (including phenoxy) is 1. The summed E-state index contributed by atoms with van der Waals surface area (Å²) in [5.41, 5.74) is 0.851. The first-order valence-corrected chi connectivity index (χ1v) is 11.9. The molecule has 0 saturated carbocycles. The molecule has 2 aromatic carbocycles. The largest absolute Gasteiger partial charge is 0.493 e. The summed E-state index contributed by atoms with van der Waals surface area (Å²) >= 11 is 3.37. The molecule has 0 bridgehead atoms. The fraction of sp³-hybridized carbons (Fsp3) is 0.381. The Labute approximate surface area is 180 Å². The first-order chi connectivity index (χ1) is 13.9. The number of carbonyl (C=O) groups excluding carboxylic acids is 1. The van der Waals surface area contributed by atoms with Crippen LogP contribution in [0, 0.1) is 0 Å². The number of carbonyl (C=O) groups is 1. The Balaban J connectivity index is 1.45. The second-order valence-corrected chi connectivity index (χ2v) is 9.79. The normalized spacial score (nSPS) is 15.1. The van der Waals surface area contributed by atoms with Gasteiger partial charge in [-0.25, -0.2) is 8.42 Å². The van der Waals surface area contributed by atoms with E-state index in [9.17, 15) is 13.2 Å². The van der Waals surface area contributed by atoms with Crippen molar-refractivity contribution in [2.75, 3.05) is 19.7 Å². The first-order valence-electron chi connectivity index (χ1n) is 9.69. The Hall–Kier alpha value is -1.90. The third-order valence-corrected chi connectivity index (χ3v) is 7.17. The molecule has 0 radical (unpaired) electrons. The molecule has 2 aromatic rings. The van der Waals surface area contributed by atoms with E-state index in [1.807, 2.05) is 24.3 Å². The second-order valence-electron chi connectivity index (χ2n) is 6.94. The Morgan fingerprint density at radius 1 is 1.07 bits per heavy atom. The zero-order valence-corrected chi connectivity index (χ0v) is 18.5. The maximum Gasteiger partial charge on any atom is 0.243 e. The first kappa shape index (κ1) is 21.8. The van der Waals surface area contributed by atoms with E-state index >= 15 is 0 Å². The quantitative estimate of drug-likeness (QED) is 0.624. The van der Waals surface area contributed by atoms with Gasteiger partial charge in [0.2, 0.25) is 15.9 Å². The molecule has 1 saturated heterocycles. The molecule has 156 valence electrons. The van der Waals surface area contributed by atoms with Crippen molar-refractivity contribution in [2.24, 2.45) is 0 Å². The van der Waals surface area contributed by atoms with Crippen LogP contribution >= 0.6 is 15.9 Å². The average molecular weight is 481 g/mol. The number of rotatable bonds is 8. The van der Waals surface area contributed by atoms with E-state index in [2.05, 4.69) is 21.2 Å². The summed E-state index contributed by atoms with van der Waals surface area (Å²) in [5.74, 6) is 0.586. The number of sulfonamides is 1. The Bertz CT molecular complexity index is 926. The Morgan fingerprint density at radius 2 is 1.79 bits per heavy atom. The van der Waals surface area contributed by atoms with Crippen LogP contribution in [-0.2, 0) is 21.4 Å². The van der Waals surface area contributed by atoms with Gasteiger partial charge in [-0.2, -0.15) is 4.31 Å². The van der Waals surface area contributed by atoms with Crippen LogP contribution in [0.15, 0.2) is 57.9 Å². The van der Waals surface area contributed by atoms with E-state index in [1.165, 1.54) is 0 Å². The van der Waals surface area contributed by atoms with Crippen molar-refractivity contribution in [1.29, 1.82) is 0 Å². The van der Waals surface area contributed by atoms with Crippen molar-refractivity contribution < 1.29 is 17.9 Å². The molecule has 3 rings (SSSR count). The molecule has 1 aliphatic heterocycles. The van der Waals surface area contributed by atoms with Crippen LogP contribution in [0.4, 0.5) is 0 Å². The fourth-order valence-electron chi connectivity index (χ4n) is 3.14. The van der Waals surface area contributed by atoms with Gasteiger partial charge >= 0.3 is 0 Å². The van der Waals surface area contributed by atoms with Crippen molar-refractivity contribution in [2.45, 2.75) is 37.1 Å². The van der Waals surface area contributed by atoms with E-state index in [0.29, 0.717) is 30.3 Å². The molecule has 1 aliphatic rings. The molecule has 8 heteroatoms. The standard InChI is InChI=1S/C21H25BrN2O4S/c22-18-5-4-6-19(15-18)28-14-11-21(25)23-16-17-7-9-20(10-8-17)29(26,27)24-12-2-1-3-13-24/h4-10,15H,1-3,11-14,16H2,(H,23,25). The average Bonchev–Trinajstić information content (AvgIpc) is 2.73. The van der Waals surface area contributed by atoms with Gasteiger partial charge in [-0.15, -0.1) is 0 Å². The highest BCUT2D eigenvalue weighted by Gasteiger charge is 2.25. The molecular weight excluding hydrogens is 456 g/mol. The molecule has 0 aromatic heterocycles. The lowest BCUT2D eigenvalue weighted by atomic mass is 10.2. The Morgan fingerprint density at radius 3 is 2.48 bits per heavy atom. The summed E-state index contributed by atoms with van der Waals surface area (Å²) in [5, 5.41) is 2.83. The number of nitrogens with one attached hydrogen (secondary N) is 1. The number of halogens is 1. The molecule has 0 atom stereocenters. The van der Waals surface area contributed by atoms with Gasteiger partial charge in [-0.3, -0.25) is 4.79 Å². The predicted molar refractivity (Wildman–Crippen MR) is 115 cm³/mol. The van der Waals surface area contributed by atoms with Gasteiger partial charge in [0.25, 0.3) is 0 Å². The highest BCUT2D eigenvalue weighted by Crippen LogP contribution is 2.21. The number of piperidine rings is 1. The molecular formula is C21H25BrN2O4S. The monoisotopic (exact) mass is 480 g/mol. The second kappa shape index (κ2) is 10.2. The molecule has 1 fully saturated rings. The molecule has 29 heavy (non-hydrogen) atoms. The van der Waals surface area contributed by atoms with Crippen LogP contribution in [0.1, 0.15) is 31.2 Å². The Kier molecular flexibility index (Phi) is 7.69. The summed E-state index contributed by atoms with van der Waals surface area (Å²) in [4.78, 5) is 12.3. The zero-order valence-electron chi connectivity index (χ0n) is 16.1. The maximum absolute atomic E-state index is 12.7. The van der Waals surface area contributed by atoms with Gasteiger partial charge in [0.15, 0.2) is 0 Å². The van der Waals surface area contributed by atoms with E-state index < -0.39 is 10.0 Å². The van der Waals surface area contributed by atoms with E-state index in [0.717, 1.165) is 29.3 Å².